The summed E-state index contributed by atoms with van der Waals surface area (Å²) in [5.74, 6) is -1.24. The van der Waals surface area contributed by atoms with Gasteiger partial charge in [-0.15, -0.1) is 13.2 Å². The maximum absolute atomic E-state index is 12.3. The van der Waals surface area contributed by atoms with Crippen LogP contribution in [0.2, 0.25) is 0 Å². The number of halogens is 3. The summed E-state index contributed by atoms with van der Waals surface area (Å²) >= 11 is 0. The van der Waals surface area contributed by atoms with Crippen LogP contribution in [0.15, 0.2) is 6.07 Å². The third-order valence-electron chi connectivity index (χ3n) is 2.32. The lowest BCUT2D eigenvalue weighted by Gasteiger charge is -2.14. The molecule has 0 fully saturated rings. The van der Waals surface area contributed by atoms with Crippen molar-refractivity contribution in [2.75, 3.05) is 7.11 Å². The molecule has 0 amide bonds. The predicted molar refractivity (Wildman–Crippen MR) is 59.3 cm³/mol. The lowest BCUT2D eigenvalue weighted by Crippen LogP contribution is -2.20. The average Bonchev–Trinajstić information content (AvgIpc) is 2.30. The van der Waals surface area contributed by atoms with Gasteiger partial charge in [0.1, 0.15) is 0 Å². The second-order valence-electron chi connectivity index (χ2n) is 3.70. The molecule has 8 heteroatoms. The average molecular weight is 278 g/mol. The number of rotatable bonds is 4. The van der Waals surface area contributed by atoms with Crippen LogP contribution >= 0.6 is 0 Å². The van der Waals surface area contributed by atoms with Crippen molar-refractivity contribution >= 4 is 5.97 Å². The van der Waals surface area contributed by atoms with Crippen LogP contribution in [-0.4, -0.2) is 24.4 Å². The highest BCUT2D eigenvalue weighted by atomic mass is 19.4. The third kappa shape index (κ3) is 4.40. The van der Waals surface area contributed by atoms with Gasteiger partial charge < -0.3 is 15.2 Å². The SMILES string of the molecule is COC(=O)Cc1nc(CN)c(C)cc1OC(F)(F)F. The number of methoxy groups -OCH3 is 1. The van der Waals surface area contributed by atoms with Crippen LogP contribution in [0.4, 0.5) is 13.2 Å². The van der Waals surface area contributed by atoms with Crippen LogP contribution in [0.25, 0.3) is 0 Å². The summed E-state index contributed by atoms with van der Waals surface area (Å²) in [6, 6.07) is 1.15. The van der Waals surface area contributed by atoms with E-state index in [0.717, 1.165) is 13.2 Å². The maximum atomic E-state index is 12.3. The van der Waals surface area contributed by atoms with Crippen molar-refractivity contribution in [2.45, 2.75) is 26.3 Å². The van der Waals surface area contributed by atoms with Gasteiger partial charge in [-0.05, 0) is 18.6 Å². The van der Waals surface area contributed by atoms with Gasteiger partial charge in [-0.3, -0.25) is 9.78 Å². The number of ether oxygens (including phenoxy) is 2. The van der Waals surface area contributed by atoms with E-state index in [-0.39, 0.29) is 12.2 Å². The summed E-state index contributed by atoms with van der Waals surface area (Å²) in [7, 11) is 1.13. The second kappa shape index (κ2) is 5.87. The van der Waals surface area contributed by atoms with Crippen LogP contribution in [0.1, 0.15) is 17.0 Å². The Bertz CT molecular complexity index is 475. The molecule has 106 valence electrons. The van der Waals surface area contributed by atoms with Gasteiger partial charge in [0.15, 0.2) is 5.75 Å². The first-order valence-electron chi connectivity index (χ1n) is 5.29. The molecule has 1 heterocycles. The lowest BCUT2D eigenvalue weighted by atomic mass is 10.1. The number of carbonyl (C=O) groups excluding carboxylic acids is 1. The zero-order chi connectivity index (χ0) is 14.6. The Hall–Kier alpha value is -1.83. The van der Waals surface area contributed by atoms with Crippen LogP contribution < -0.4 is 10.5 Å². The molecule has 0 aromatic carbocycles. The number of hydrogen-bond acceptors (Lipinski definition) is 5. The predicted octanol–water partition coefficient (Wildman–Crippen LogP) is 1.46. The molecule has 0 spiro atoms. The molecule has 0 atom stereocenters. The van der Waals surface area contributed by atoms with Crippen LogP contribution in [0.5, 0.6) is 5.75 Å². The third-order valence-corrected chi connectivity index (χ3v) is 2.32. The summed E-state index contributed by atoms with van der Waals surface area (Å²) in [5.41, 5.74) is 6.11. The number of aromatic nitrogens is 1. The molecule has 0 unspecified atom stereocenters. The van der Waals surface area contributed by atoms with Crippen LogP contribution in [0, 0.1) is 6.92 Å². The largest absolute Gasteiger partial charge is 0.573 e. The Morgan fingerprint density at radius 3 is 2.53 bits per heavy atom. The van der Waals surface area contributed by atoms with Gasteiger partial charge in [-0.25, -0.2) is 0 Å². The zero-order valence-electron chi connectivity index (χ0n) is 10.4. The van der Waals surface area contributed by atoms with Gasteiger partial charge in [-0.2, -0.15) is 0 Å². The minimum absolute atomic E-state index is 0.0479. The molecule has 0 aliphatic carbocycles. The van der Waals surface area contributed by atoms with Gasteiger partial charge in [0.05, 0.1) is 24.9 Å². The number of carbonyl (C=O) groups is 1. The fourth-order valence-electron chi connectivity index (χ4n) is 1.42. The summed E-state index contributed by atoms with van der Waals surface area (Å²) in [6.45, 7) is 1.60. The Morgan fingerprint density at radius 2 is 2.05 bits per heavy atom. The van der Waals surface area contributed by atoms with Gasteiger partial charge in [0.2, 0.25) is 0 Å². The van der Waals surface area contributed by atoms with Gasteiger partial charge >= 0.3 is 12.3 Å². The topological polar surface area (TPSA) is 74.4 Å². The van der Waals surface area contributed by atoms with E-state index in [1.54, 1.807) is 6.92 Å². The molecule has 0 saturated heterocycles. The Kier molecular flexibility index (Phi) is 4.71. The molecule has 0 bridgehead atoms. The monoisotopic (exact) mass is 278 g/mol. The smallest absolute Gasteiger partial charge is 0.469 e. The summed E-state index contributed by atoms with van der Waals surface area (Å²) in [6.07, 6.45) is -5.28. The fourth-order valence-corrected chi connectivity index (χ4v) is 1.42. The quantitative estimate of drug-likeness (QED) is 0.844. The molecule has 0 radical (unpaired) electrons. The molecule has 2 N–H and O–H groups in total. The number of nitrogens with two attached hydrogens (primary N) is 1. The highest BCUT2D eigenvalue weighted by Crippen LogP contribution is 2.27. The number of nitrogens with zero attached hydrogens (tertiary/aromatic N) is 1. The molecule has 0 aliphatic rings. The molecule has 19 heavy (non-hydrogen) atoms. The molecule has 5 nitrogen and oxygen atoms in total. The number of aryl methyl sites for hydroxylation is 1. The molecule has 1 aromatic heterocycles. The van der Waals surface area contributed by atoms with E-state index in [9.17, 15) is 18.0 Å². The van der Waals surface area contributed by atoms with E-state index in [2.05, 4.69) is 14.5 Å². The van der Waals surface area contributed by atoms with Crippen LogP contribution in [-0.2, 0) is 22.5 Å². The van der Waals surface area contributed by atoms with E-state index in [1.165, 1.54) is 0 Å². The van der Waals surface area contributed by atoms with Crippen molar-refractivity contribution in [3.63, 3.8) is 0 Å². The number of alkyl halides is 3. The molecule has 1 aromatic rings. The maximum Gasteiger partial charge on any atom is 0.573 e. The fraction of sp³-hybridized carbons (Fsp3) is 0.455. The van der Waals surface area contributed by atoms with E-state index in [1.807, 2.05) is 0 Å². The van der Waals surface area contributed by atoms with Gasteiger partial charge in [-0.1, -0.05) is 0 Å². The Morgan fingerprint density at radius 1 is 1.42 bits per heavy atom. The summed E-state index contributed by atoms with van der Waals surface area (Å²) in [4.78, 5) is 15.1. The normalized spacial score (nSPS) is 11.3. The first-order chi connectivity index (χ1) is 8.76. The first-order valence-corrected chi connectivity index (χ1v) is 5.29. The van der Waals surface area contributed by atoms with Crippen LogP contribution in [0.3, 0.4) is 0 Å². The lowest BCUT2D eigenvalue weighted by molar-refractivity contribution is -0.275. The van der Waals surface area contributed by atoms with Crippen molar-refractivity contribution in [1.29, 1.82) is 0 Å². The van der Waals surface area contributed by atoms with Crippen molar-refractivity contribution in [1.82, 2.24) is 4.98 Å². The van der Waals surface area contributed by atoms with Gasteiger partial charge in [0, 0.05) is 6.54 Å². The highest BCUT2D eigenvalue weighted by Gasteiger charge is 2.33. The Labute approximate surface area is 107 Å². The second-order valence-corrected chi connectivity index (χ2v) is 3.70. The minimum Gasteiger partial charge on any atom is -0.469 e. The standard InChI is InChI=1S/C11H13F3N2O3/c1-6-3-9(19-11(12,13)14)7(4-10(17)18-2)16-8(6)5-15/h3H,4-5,15H2,1-2H3. The first kappa shape index (κ1) is 15.2. The molecule has 0 saturated carbocycles. The molecule has 1 rings (SSSR count). The van der Waals surface area contributed by atoms with E-state index in [0.29, 0.717) is 11.3 Å². The summed E-state index contributed by atoms with van der Waals surface area (Å²) in [5, 5.41) is 0. The van der Waals surface area contributed by atoms with Crippen molar-refractivity contribution in [3.05, 3.63) is 23.0 Å². The number of esters is 1. The zero-order valence-corrected chi connectivity index (χ0v) is 10.4. The van der Waals surface area contributed by atoms with E-state index in [4.69, 9.17) is 5.73 Å². The van der Waals surface area contributed by atoms with E-state index >= 15 is 0 Å². The Balaban J connectivity index is 3.18. The highest BCUT2D eigenvalue weighted by molar-refractivity contribution is 5.72. The van der Waals surface area contributed by atoms with Crippen molar-refractivity contribution in [3.8, 4) is 5.75 Å². The van der Waals surface area contributed by atoms with Crippen molar-refractivity contribution in [2.24, 2.45) is 5.73 Å². The van der Waals surface area contributed by atoms with Gasteiger partial charge in [0.25, 0.3) is 0 Å². The molecule has 0 aliphatic heterocycles. The summed E-state index contributed by atoms with van der Waals surface area (Å²) < 4.78 is 45.0. The minimum atomic E-state index is -4.86. The van der Waals surface area contributed by atoms with E-state index < -0.39 is 24.5 Å². The number of pyridine rings is 1. The van der Waals surface area contributed by atoms with Crippen molar-refractivity contribution < 1.29 is 27.4 Å². The molecular weight excluding hydrogens is 265 g/mol. The number of hydrogen-bond donors (Lipinski definition) is 1. The molecular formula is C11H13F3N2O3.